The van der Waals surface area contributed by atoms with Crippen molar-refractivity contribution < 1.29 is 4.74 Å². The van der Waals surface area contributed by atoms with E-state index in [4.69, 9.17) is 4.74 Å². The van der Waals surface area contributed by atoms with Crippen LogP contribution < -0.4 is 5.32 Å². The molecule has 2 nitrogen and oxygen atoms in total. The van der Waals surface area contributed by atoms with Gasteiger partial charge in [0, 0.05) is 6.61 Å². The molecule has 2 aliphatic rings. The SMILES string of the molecule is C1COC(CCC2CCNCC2)C1.Cl. The molecule has 0 spiro atoms. The van der Waals surface area contributed by atoms with Crippen molar-refractivity contribution in [1.82, 2.24) is 5.32 Å². The van der Waals surface area contributed by atoms with Crippen molar-refractivity contribution in [2.24, 2.45) is 5.92 Å². The van der Waals surface area contributed by atoms with Crippen LogP contribution in [0.5, 0.6) is 0 Å². The second-order valence-electron chi connectivity index (χ2n) is 4.41. The molecule has 0 saturated carbocycles. The third-order valence-corrected chi connectivity index (χ3v) is 3.38. The summed E-state index contributed by atoms with van der Waals surface area (Å²) in [6.45, 7) is 3.48. The first-order chi connectivity index (χ1) is 6.45. The lowest BCUT2D eigenvalue weighted by atomic mass is 9.91. The highest BCUT2D eigenvalue weighted by atomic mass is 35.5. The normalized spacial score (nSPS) is 28.7. The van der Waals surface area contributed by atoms with Crippen LogP contribution in [0.15, 0.2) is 0 Å². The minimum atomic E-state index is 0. The Hall–Kier alpha value is 0.210. The van der Waals surface area contributed by atoms with Crippen molar-refractivity contribution in [1.29, 1.82) is 0 Å². The maximum Gasteiger partial charge on any atom is 0.0576 e. The van der Waals surface area contributed by atoms with Crippen LogP contribution in [0, 0.1) is 5.92 Å². The van der Waals surface area contributed by atoms with Gasteiger partial charge in [-0.1, -0.05) is 0 Å². The maximum atomic E-state index is 5.63. The zero-order valence-electron chi connectivity index (χ0n) is 8.84. The average molecular weight is 220 g/mol. The number of hydrogen-bond acceptors (Lipinski definition) is 2. The van der Waals surface area contributed by atoms with Crippen LogP contribution in [-0.4, -0.2) is 25.8 Å². The molecule has 0 aromatic carbocycles. The molecule has 84 valence electrons. The first-order valence-electron chi connectivity index (χ1n) is 5.77. The Morgan fingerprint density at radius 3 is 2.50 bits per heavy atom. The van der Waals surface area contributed by atoms with E-state index in [-0.39, 0.29) is 12.4 Å². The zero-order valence-corrected chi connectivity index (χ0v) is 9.65. The Bertz CT molecular complexity index is 142. The Balaban J connectivity index is 0.000000980. The number of halogens is 1. The molecule has 2 saturated heterocycles. The third kappa shape index (κ3) is 3.76. The fourth-order valence-corrected chi connectivity index (χ4v) is 2.46. The van der Waals surface area contributed by atoms with Crippen molar-refractivity contribution in [2.75, 3.05) is 19.7 Å². The summed E-state index contributed by atoms with van der Waals surface area (Å²) in [5, 5.41) is 3.41. The summed E-state index contributed by atoms with van der Waals surface area (Å²) in [5.41, 5.74) is 0. The molecule has 0 amide bonds. The Morgan fingerprint density at radius 2 is 1.86 bits per heavy atom. The standard InChI is InChI=1S/C11H21NO.ClH/c1-2-11(13-9-1)4-3-10-5-7-12-8-6-10;/h10-12H,1-9H2;1H. The molecular formula is C11H22ClNO. The molecule has 3 heteroatoms. The van der Waals surface area contributed by atoms with Gasteiger partial charge in [-0.05, 0) is 57.5 Å². The van der Waals surface area contributed by atoms with Crippen LogP contribution in [0.2, 0.25) is 0 Å². The molecule has 2 aliphatic heterocycles. The van der Waals surface area contributed by atoms with Crippen LogP contribution >= 0.6 is 12.4 Å². The van der Waals surface area contributed by atoms with Crippen molar-refractivity contribution >= 4 is 12.4 Å². The highest BCUT2D eigenvalue weighted by molar-refractivity contribution is 5.85. The summed E-state index contributed by atoms with van der Waals surface area (Å²) in [4.78, 5) is 0. The first kappa shape index (κ1) is 12.3. The molecule has 2 fully saturated rings. The fraction of sp³-hybridized carbons (Fsp3) is 1.00. The van der Waals surface area contributed by atoms with Gasteiger partial charge >= 0.3 is 0 Å². The zero-order chi connectivity index (χ0) is 8.93. The Labute approximate surface area is 93.2 Å². The van der Waals surface area contributed by atoms with E-state index in [2.05, 4.69) is 5.32 Å². The molecule has 0 aromatic heterocycles. The number of hydrogen-bond donors (Lipinski definition) is 1. The van der Waals surface area contributed by atoms with Gasteiger partial charge in [-0.2, -0.15) is 0 Å². The van der Waals surface area contributed by atoms with Gasteiger partial charge in [0.05, 0.1) is 6.10 Å². The first-order valence-corrected chi connectivity index (χ1v) is 5.77. The van der Waals surface area contributed by atoms with Crippen LogP contribution in [0.25, 0.3) is 0 Å². The predicted molar refractivity (Wildman–Crippen MR) is 61.0 cm³/mol. The second kappa shape index (κ2) is 6.65. The molecule has 2 rings (SSSR count). The van der Waals surface area contributed by atoms with Crippen LogP contribution in [0.4, 0.5) is 0 Å². The molecular weight excluding hydrogens is 198 g/mol. The molecule has 1 N–H and O–H groups in total. The number of ether oxygens (including phenoxy) is 1. The monoisotopic (exact) mass is 219 g/mol. The van der Waals surface area contributed by atoms with Crippen LogP contribution in [0.1, 0.15) is 38.5 Å². The minimum absolute atomic E-state index is 0. The summed E-state index contributed by atoms with van der Waals surface area (Å²) >= 11 is 0. The number of piperidine rings is 1. The molecule has 14 heavy (non-hydrogen) atoms. The Kier molecular flexibility index (Phi) is 5.83. The molecule has 1 unspecified atom stereocenters. The number of rotatable bonds is 3. The molecule has 0 radical (unpaired) electrons. The van der Waals surface area contributed by atoms with Gasteiger partial charge in [0.15, 0.2) is 0 Å². The second-order valence-corrected chi connectivity index (χ2v) is 4.41. The quantitative estimate of drug-likeness (QED) is 0.787. The highest BCUT2D eigenvalue weighted by Gasteiger charge is 2.18. The van der Waals surface area contributed by atoms with E-state index in [9.17, 15) is 0 Å². The van der Waals surface area contributed by atoms with Crippen molar-refractivity contribution in [3.05, 3.63) is 0 Å². The molecule has 0 aromatic rings. The lowest BCUT2D eigenvalue weighted by Gasteiger charge is -2.23. The maximum absolute atomic E-state index is 5.63. The summed E-state index contributed by atoms with van der Waals surface area (Å²) in [5.74, 6) is 0.977. The molecule has 2 heterocycles. The van der Waals surface area contributed by atoms with E-state index < -0.39 is 0 Å². The van der Waals surface area contributed by atoms with E-state index >= 15 is 0 Å². The summed E-state index contributed by atoms with van der Waals surface area (Å²) in [6.07, 6.45) is 8.67. The van der Waals surface area contributed by atoms with Crippen LogP contribution in [0.3, 0.4) is 0 Å². The van der Waals surface area contributed by atoms with Gasteiger partial charge in [0.25, 0.3) is 0 Å². The van der Waals surface area contributed by atoms with E-state index in [1.54, 1.807) is 0 Å². The van der Waals surface area contributed by atoms with E-state index in [1.807, 2.05) is 0 Å². The van der Waals surface area contributed by atoms with Gasteiger partial charge in [-0.15, -0.1) is 12.4 Å². The average Bonchev–Trinajstić information content (AvgIpc) is 2.69. The third-order valence-electron chi connectivity index (χ3n) is 3.38. The molecule has 1 atom stereocenters. The lowest BCUT2D eigenvalue weighted by molar-refractivity contribution is 0.0963. The van der Waals surface area contributed by atoms with Gasteiger partial charge in [0.2, 0.25) is 0 Å². The molecule has 0 aliphatic carbocycles. The minimum Gasteiger partial charge on any atom is -0.378 e. The lowest BCUT2D eigenvalue weighted by Crippen LogP contribution is -2.28. The summed E-state index contributed by atoms with van der Waals surface area (Å²) in [6, 6.07) is 0. The topological polar surface area (TPSA) is 21.3 Å². The van der Waals surface area contributed by atoms with Gasteiger partial charge in [0.1, 0.15) is 0 Å². The van der Waals surface area contributed by atoms with Crippen molar-refractivity contribution in [3.63, 3.8) is 0 Å². The van der Waals surface area contributed by atoms with E-state index in [0.717, 1.165) is 12.5 Å². The van der Waals surface area contributed by atoms with E-state index in [1.165, 1.54) is 51.6 Å². The van der Waals surface area contributed by atoms with E-state index in [0.29, 0.717) is 6.10 Å². The summed E-state index contributed by atoms with van der Waals surface area (Å²) < 4.78 is 5.63. The Morgan fingerprint density at radius 1 is 1.07 bits per heavy atom. The number of nitrogens with one attached hydrogen (secondary N) is 1. The van der Waals surface area contributed by atoms with Crippen molar-refractivity contribution in [3.8, 4) is 0 Å². The van der Waals surface area contributed by atoms with Gasteiger partial charge < -0.3 is 10.1 Å². The van der Waals surface area contributed by atoms with Crippen molar-refractivity contribution in [2.45, 2.75) is 44.6 Å². The van der Waals surface area contributed by atoms with Gasteiger partial charge in [-0.25, -0.2) is 0 Å². The molecule has 0 bridgehead atoms. The highest BCUT2D eigenvalue weighted by Crippen LogP contribution is 2.23. The smallest absolute Gasteiger partial charge is 0.0576 e. The summed E-state index contributed by atoms with van der Waals surface area (Å²) in [7, 11) is 0. The predicted octanol–water partition coefficient (Wildman–Crippen LogP) is 2.37. The van der Waals surface area contributed by atoms with Crippen LogP contribution in [-0.2, 0) is 4.74 Å². The largest absolute Gasteiger partial charge is 0.378 e. The fourth-order valence-electron chi connectivity index (χ4n) is 2.46. The van der Waals surface area contributed by atoms with Gasteiger partial charge in [-0.3, -0.25) is 0 Å².